The minimum absolute atomic E-state index is 0.0450. The summed E-state index contributed by atoms with van der Waals surface area (Å²) in [4.78, 5) is 18.6. The molecule has 19 heavy (non-hydrogen) atoms. The van der Waals surface area contributed by atoms with E-state index in [0.29, 0.717) is 6.42 Å². The Kier molecular flexibility index (Phi) is 3.32. The summed E-state index contributed by atoms with van der Waals surface area (Å²) in [5, 5.41) is 8.82. The SMILES string of the molecule is CC(C)(C)c1nc2ccc(CC(N)C(=O)O)cc2[nH]1. The summed E-state index contributed by atoms with van der Waals surface area (Å²) in [5.41, 5.74) is 8.19. The first-order valence-electron chi connectivity index (χ1n) is 6.25. The van der Waals surface area contributed by atoms with Crippen LogP contribution in [0.5, 0.6) is 0 Å². The standard InChI is InChI=1S/C14H19N3O2/c1-14(2,3)13-16-10-5-4-8(7-11(10)17-13)6-9(15)12(18)19/h4-5,7,9H,6,15H2,1-3H3,(H,16,17)(H,18,19). The third kappa shape index (κ3) is 2.93. The smallest absolute Gasteiger partial charge is 0.320 e. The summed E-state index contributed by atoms with van der Waals surface area (Å²) in [6.45, 7) is 6.27. The maximum atomic E-state index is 10.8. The van der Waals surface area contributed by atoms with E-state index in [-0.39, 0.29) is 5.41 Å². The van der Waals surface area contributed by atoms with E-state index < -0.39 is 12.0 Å². The van der Waals surface area contributed by atoms with Crippen molar-refractivity contribution in [3.8, 4) is 0 Å². The van der Waals surface area contributed by atoms with Gasteiger partial charge in [0.1, 0.15) is 11.9 Å². The van der Waals surface area contributed by atoms with Crippen LogP contribution in [0.3, 0.4) is 0 Å². The maximum absolute atomic E-state index is 10.8. The van der Waals surface area contributed by atoms with Gasteiger partial charge >= 0.3 is 5.97 Å². The van der Waals surface area contributed by atoms with Gasteiger partial charge in [0.15, 0.2) is 0 Å². The van der Waals surface area contributed by atoms with Crippen molar-refractivity contribution in [2.45, 2.75) is 38.6 Å². The van der Waals surface area contributed by atoms with E-state index in [2.05, 4.69) is 30.7 Å². The topological polar surface area (TPSA) is 92.0 Å². The molecular weight excluding hydrogens is 242 g/mol. The third-order valence-corrected chi connectivity index (χ3v) is 3.03. The zero-order chi connectivity index (χ0) is 14.2. The largest absolute Gasteiger partial charge is 0.480 e. The van der Waals surface area contributed by atoms with Gasteiger partial charge in [0.25, 0.3) is 0 Å². The summed E-state index contributed by atoms with van der Waals surface area (Å²) in [7, 11) is 0. The molecule has 0 fully saturated rings. The number of benzene rings is 1. The molecule has 102 valence electrons. The number of hydrogen-bond acceptors (Lipinski definition) is 3. The van der Waals surface area contributed by atoms with Crippen molar-refractivity contribution >= 4 is 17.0 Å². The number of H-pyrrole nitrogens is 1. The third-order valence-electron chi connectivity index (χ3n) is 3.03. The van der Waals surface area contributed by atoms with Crippen molar-refractivity contribution < 1.29 is 9.90 Å². The Labute approximate surface area is 111 Å². The number of aromatic nitrogens is 2. The highest BCUT2D eigenvalue weighted by Gasteiger charge is 2.18. The average Bonchev–Trinajstić information content (AvgIpc) is 2.71. The number of carboxylic acid groups (broad SMARTS) is 1. The molecule has 1 aromatic heterocycles. The molecule has 0 aliphatic rings. The lowest BCUT2D eigenvalue weighted by atomic mass is 9.96. The van der Waals surface area contributed by atoms with Crippen LogP contribution in [0.1, 0.15) is 32.2 Å². The van der Waals surface area contributed by atoms with Gasteiger partial charge in [-0.1, -0.05) is 26.8 Å². The monoisotopic (exact) mass is 261 g/mol. The van der Waals surface area contributed by atoms with Crippen LogP contribution in [0, 0.1) is 0 Å². The number of nitrogens with one attached hydrogen (secondary N) is 1. The van der Waals surface area contributed by atoms with Crippen LogP contribution in [0.25, 0.3) is 11.0 Å². The number of rotatable bonds is 3. The second kappa shape index (κ2) is 4.66. The number of fused-ring (bicyclic) bond motifs is 1. The van der Waals surface area contributed by atoms with E-state index in [0.717, 1.165) is 22.4 Å². The van der Waals surface area contributed by atoms with Crippen LogP contribution in [-0.2, 0) is 16.6 Å². The molecule has 1 atom stereocenters. The first-order valence-corrected chi connectivity index (χ1v) is 6.25. The van der Waals surface area contributed by atoms with Gasteiger partial charge < -0.3 is 15.8 Å². The lowest BCUT2D eigenvalue weighted by Crippen LogP contribution is -2.32. The Morgan fingerprint density at radius 3 is 2.74 bits per heavy atom. The van der Waals surface area contributed by atoms with Crippen molar-refractivity contribution in [1.82, 2.24) is 9.97 Å². The lowest BCUT2D eigenvalue weighted by molar-refractivity contribution is -0.138. The summed E-state index contributed by atoms with van der Waals surface area (Å²) >= 11 is 0. The van der Waals surface area contributed by atoms with Gasteiger partial charge in [0, 0.05) is 5.41 Å². The average molecular weight is 261 g/mol. The Morgan fingerprint density at radius 1 is 1.47 bits per heavy atom. The molecule has 1 unspecified atom stereocenters. The van der Waals surface area contributed by atoms with Gasteiger partial charge in [-0.3, -0.25) is 4.79 Å². The molecule has 0 aliphatic carbocycles. The normalized spacial score (nSPS) is 13.7. The molecule has 0 saturated carbocycles. The van der Waals surface area contributed by atoms with Crippen molar-refractivity contribution in [2.75, 3.05) is 0 Å². The van der Waals surface area contributed by atoms with Gasteiger partial charge in [-0.2, -0.15) is 0 Å². The molecule has 2 rings (SSSR count). The molecule has 1 heterocycles. The quantitative estimate of drug-likeness (QED) is 0.785. The van der Waals surface area contributed by atoms with E-state index in [1.54, 1.807) is 0 Å². The highest BCUT2D eigenvalue weighted by Crippen LogP contribution is 2.23. The molecule has 0 radical (unpaired) electrons. The molecule has 2 aromatic rings. The predicted octanol–water partition coefficient (Wildman–Crippen LogP) is 1.81. The maximum Gasteiger partial charge on any atom is 0.320 e. The second-order valence-corrected chi connectivity index (χ2v) is 5.84. The van der Waals surface area contributed by atoms with E-state index in [9.17, 15) is 4.79 Å². The van der Waals surface area contributed by atoms with Crippen molar-refractivity contribution in [3.05, 3.63) is 29.6 Å². The van der Waals surface area contributed by atoms with Crippen LogP contribution in [0.4, 0.5) is 0 Å². The zero-order valence-electron chi connectivity index (χ0n) is 11.4. The second-order valence-electron chi connectivity index (χ2n) is 5.84. The zero-order valence-corrected chi connectivity index (χ0v) is 11.4. The van der Waals surface area contributed by atoms with Crippen LogP contribution >= 0.6 is 0 Å². The molecule has 0 saturated heterocycles. The fourth-order valence-corrected chi connectivity index (χ4v) is 1.88. The molecule has 0 amide bonds. The number of aromatic amines is 1. The molecule has 0 spiro atoms. The Hall–Kier alpha value is -1.88. The Bertz CT molecular complexity index is 611. The minimum Gasteiger partial charge on any atom is -0.480 e. The molecule has 5 nitrogen and oxygen atoms in total. The van der Waals surface area contributed by atoms with Crippen molar-refractivity contribution in [2.24, 2.45) is 5.73 Å². The number of hydrogen-bond donors (Lipinski definition) is 3. The van der Waals surface area contributed by atoms with E-state index in [4.69, 9.17) is 10.8 Å². The van der Waals surface area contributed by atoms with Gasteiger partial charge in [0.2, 0.25) is 0 Å². The van der Waals surface area contributed by atoms with Gasteiger partial charge in [-0.25, -0.2) is 4.98 Å². The first-order chi connectivity index (χ1) is 8.77. The molecule has 0 aliphatic heterocycles. The number of carbonyl (C=O) groups is 1. The molecule has 0 bridgehead atoms. The van der Waals surface area contributed by atoms with Gasteiger partial charge in [-0.15, -0.1) is 0 Å². The van der Waals surface area contributed by atoms with E-state index in [1.165, 1.54) is 0 Å². The van der Waals surface area contributed by atoms with Crippen LogP contribution < -0.4 is 5.73 Å². The predicted molar refractivity (Wildman–Crippen MR) is 74.1 cm³/mol. The number of imidazole rings is 1. The summed E-state index contributed by atoms with van der Waals surface area (Å²) in [5.74, 6) is -0.0673. The Balaban J connectivity index is 2.33. The van der Waals surface area contributed by atoms with E-state index in [1.807, 2.05) is 18.2 Å². The summed E-state index contributed by atoms with van der Waals surface area (Å²) in [6, 6.07) is 4.81. The number of aliphatic carboxylic acids is 1. The Morgan fingerprint density at radius 2 is 2.16 bits per heavy atom. The van der Waals surface area contributed by atoms with Gasteiger partial charge in [0.05, 0.1) is 11.0 Å². The fourth-order valence-electron chi connectivity index (χ4n) is 1.88. The molecule has 4 N–H and O–H groups in total. The van der Waals surface area contributed by atoms with Crippen molar-refractivity contribution in [1.29, 1.82) is 0 Å². The summed E-state index contributed by atoms with van der Waals surface area (Å²) < 4.78 is 0. The van der Waals surface area contributed by atoms with Crippen molar-refractivity contribution in [3.63, 3.8) is 0 Å². The number of carboxylic acids is 1. The van der Waals surface area contributed by atoms with Gasteiger partial charge in [-0.05, 0) is 24.1 Å². The van der Waals surface area contributed by atoms with Crippen LogP contribution in [0.2, 0.25) is 0 Å². The minimum atomic E-state index is -0.986. The summed E-state index contributed by atoms with van der Waals surface area (Å²) in [6.07, 6.45) is 0.315. The molecule has 1 aromatic carbocycles. The lowest BCUT2D eigenvalue weighted by Gasteiger charge is -2.13. The highest BCUT2D eigenvalue weighted by molar-refractivity contribution is 5.77. The molecular formula is C14H19N3O2. The fraction of sp³-hybridized carbons (Fsp3) is 0.429. The number of nitrogens with zero attached hydrogens (tertiary/aromatic N) is 1. The first kappa shape index (κ1) is 13.5. The molecule has 5 heteroatoms. The highest BCUT2D eigenvalue weighted by atomic mass is 16.4. The number of nitrogens with two attached hydrogens (primary N) is 1. The van der Waals surface area contributed by atoms with Crippen LogP contribution in [0.15, 0.2) is 18.2 Å². The van der Waals surface area contributed by atoms with E-state index >= 15 is 0 Å². The van der Waals surface area contributed by atoms with Crippen LogP contribution in [-0.4, -0.2) is 27.1 Å².